The number of nitrogens with zero attached hydrogens (tertiary/aromatic N) is 1. The average Bonchev–Trinajstić information content (AvgIpc) is 3.03. The van der Waals surface area contributed by atoms with Gasteiger partial charge < -0.3 is 9.47 Å². The lowest BCUT2D eigenvalue weighted by Crippen LogP contribution is -2.35. The first-order valence-corrected chi connectivity index (χ1v) is 11.1. The second-order valence-electron chi connectivity index (χ2n) is 6.14. The van der Waals surface area contributed by atoms with E-state index in [0.717, 1.165) is 26.5 Å². The summed E-state index contributed by atoms with van der Waals surface area (Å²) >= 11 is 1.62. The van der Waals surface area contributed by atoms with Gasteiger partial charge in [-0.1, -0.05) is 23.5 Å². The van der Waals surface area contributed by atoms with Gasteiger partial charge in [0, 0.05) is 30.2 Å². The quantitative estimate of drug-likeness (QED) is 0.445. The van der Waals surface area contributed by atoms with Crippen LogP contribution in [0.25, 0.3) is 22.4 Å². The normalized spacial score (nSPS) is 12.0. The Hall–Kier alpha value is -2.42. The minimum Gasteiger partial charge on any atom is -0.497 e. The molecule has 1 N–H and O–H groups in total. The third-order valence-corrected chi connectivity index (χ3v) is 6.20. The van der Waals surface area contributed by atoms with E-state index in [2.05, 4.69) is 4.57 Å². The highest BCUT2D eigenvalue weighted by molar-refractivity contribution is 7.85. The molecule has 148 valence electrons. The highest BCUT2D eigenvalue weighted by Gasteiger charge is 2.19. The summed E-state index contributed by atoms with van der Waals surface area (Å²) in [4.78, 5) is 0. The SMILES string of the molecule is COc1ccc(C=Cc2sc3ccccc3[n+]2CCCS(=O)(=O)O)c(OC)c1. The molecule has 1 aromatic heterocycles. The number of hydrogen-bond donors (Lipinski definition) is 1. The highest BCUT2D eigenvalue weighted by atomic mass is 32.2. The van der Waals surface area contributed by atoms with Crippen LogP contribution in [-0.2, 0) is 16.7 Å². The van der Waals surface area contributed by atoms with Gasteiger partial charge in [-0.2, -0.15) is 13.0 Å². The molecule has 6 nitrogen and oxygen atoms in total. The van der Waals surface area contributed by atoms with Crippen molar-refractivity contribution in [2.45, 2.75) is 13.0 Å². The van der Waals surface area contributed by atoms with Crippen LogP contribution < -0.4 is 14.0 Å². The Morgan fingerprint density at radius 3 is 2.61 bits per heavy atom. The molecule has 0 unspecified atom stereocenters. The Bertz CT molecular complexity index is 1100. The molecule has 3 rings (SSSR count). The molecule has 0 atom stereocenters. The average molecular weight is 421 g/mol. The van der Waals surface area contributed by atoms with E-state index in [4.69, 9.17) is 14.0 Å². The summed E-state index contributed by atoms with van der Waals surface area (Å²) in [6.07, 6.45) is 4.28. The zero-order valence-corrected chi connectivity index (χ0v) is 17.3. The molecule has 0 bridgehead atoms. The molecular formula is C20H22NO5S2+. The van der Waals surface area contributed by atoms with Crippen molar-refractivity contribution in [3.8, 4) is 11.5 Å². The van der Waals surface area contributed by atoms with Crippen LogP contribution in [0.2, 0.25) is 0 Å². The summed E-state index contributed by atoms with van der Waals surface area (Å²) < 4.78 is 45.0. The third-order valence-electron chi connectivity index (χ3n) is 4.27. The molecule has 0 fully saturated rings. The fourth-order valence-electron chi connectivity index (χ4n) is 2.93. The number of aromatic nitrogens is 1. The number of fused-ring (bicyclic) bond motifs is 1. The number of hydrogen-bond acceptors (Lipinski definition) is 5. The van der Waals surface area contributed by atoms with Gasteiger partial charge in [0.15, 0.2) is 6.54 Å². The summed E-state index contributed by atoms with van der Waals surface area (Å²) in [5, 5.41) is 0.981. The van der Waals surface area contributed by atoms with Crippen LogP contribution in [0.4, 0.5) is 0 Å². The molecule has 0 aliphatic rings. The summed E-state index contributed by atoms with van der Waals surface area (Å²) in [6, 6.07) is 13.6. The summed E-state index contributed by atoms with van der Waals surface area (Å²) in [5.74, 6) is 1.16. The Morgan fingerprint density at radius 1 is 1.11 bits per heavy atom. The van der Waals surface area contributed by atoms with Crippen molar-refractivity contribution in [2.75, 3.05) is 20.0 Å². The molecule has 8 heteroatoms. The lowest BCUT2D eigenvalue weighted by atomic mass is 10.1. The van der Waals surface area contributed by atoms with Crippen LogP contribution in [-0.4, -0.2) is 32.9 Å². The molecule has 0 aliphatic carbocycles. The zero-order valence-electron chi connectivity index (χ0n) is 15.7. The topological polar surface area (TPSA) is 76.7 Å². The second kappa shape index (κ2) is 8.72. The number of ether oxygens (including phenoxy) is 2. The lowest BCUT2D eigenvalue weighted by molar-refractivity contribution is -0.668. The van der Waals surface area contributed by atoms with Crippen LogP contribution in [0.15, 0.2) is 42.5 Å². The minimum absolute atomic E-state index is 0.264. The van der Waals surface area contributed by atoms with Gasteiger partial charge in [-0.05, 0) is 24.3 Å². The molecule has 2 aromatic carbocycles. The Morgan fingerprint density at radius 2 is 1.89 bits per heavy atom. The zero-order chi connectivity index (χ0) is 20.1. The standard InChI is InChI=1S/C20H21NO5S2/c1-25-16-10-8-15(18(14-16)26-2)9-11-20-21(12-5-13-28(22,23)24)17-6-3-4-7-19(17)27-20/h3-4,6-11,14H,5,12-13H2,1-2H3/p+1. The van der Waals surface area contributed by atoms with E-state index < -0.39 is 10.1 Å². The maximum Gasteiger partial charge on any atom is 0.265 e. The summed E-state index contributed by atoms with van der Waals surface area (Å²) in [6.45, 7) is 0.489. The second-order valence-corrected chi connectivity index (χ2v) is 8.77. The van der Waals surface area contributed by atoms with Crippen molar-refractivity contribution in [3.05, 3.63) is 53.0 Å². The van der Waals surface area contributed by atoms with Crippen LogP contribution in [0, 0.1) is 0 Å². The largest absolute Gasteiger partial charge is 0.497 e. The van der Waals surface area contributed by atoms with E-state index in [0.29, 0.717) is 18.7 Å². The van der Waals surface area contributed by atoms with Crippen molar-refractivity contribution in [3.63, 3.8) is 0 Å². The molecule has 0 saturated heterocycles. The first kappa shape index (κ1) is 20.3. The van der Waals surface area contributed by atoms with E-state index >= 15 is 0 Å². The molecule has 0 saturated carbocycles. The van der Waals surface area contributed by atoms with Gasteiger partial charge in [-0.15, -0.1) is 0 Å². The fourth-order valence-corrected chi connectivity index (χ4v) is 4.51. The number of thiazole rings is 1. The van der Waals surface area contributed by atoms with Gasteiger partial charge in [0.2, 0.25) is 5.52 Å². The van der Waals surface area contributed by atoms with Crippen molar-refractivity contribution in [1.82, 2.24) is 0 Å². The van der Waals surface area contributed by atoms with Crippen molar-refractivity contribution >= 4 is 43.8 Å². The highest BCUT2D eigenvalue weighted by Crippen LogP contribution is 2.27. The number of rotatable bonds is 8. The summed E-state index contributed by atoms with van der Waals surface area (Å²) in [7, 11) is -0.750. The number of methoxy groups -OCH3 is 2. The molecule has 0 spiro atoms. The van der Waals surface area contributed by atoms with Crippen LogP contribution in [0.5, 0.6) is 11.5 Å². The smallest absolute Gasteiger partial charge is 0.265 e. The predicted octanol–water partition coefficient (Wildman–Crippen LogP) is 3.65. The first-order chi connectivity index (χ1) is 13.4. The molecular weight excluding hydrogens is 398 g/mol. The van der Waals surface area contributed by atoms with Gasteiger partial charge in [-0.25, -0.2) is 0 Å². The molecule has 0 radical (unpaired) electrons. The molecule has 0 amide bonds. The van der Waals surface area contributed by atoms with E-state index in [1.165, 1.54) is 0 Å². The van der Waals surface area contributed by atoms with Crippen molar-refractivity contribution in [2.24, 2.45) is 0 Å². The number of benzene rings is 2. The Balaban J connectivity index is 1.94. The van der Waals surface area contributed by atoms with E-state index in [9.17, 15) is 8.42 Å². The fraction of sp³-hybridized carbons (Fsp3) is 0.250. The molecule has 0 aliphatic heterocycles. The molecule has 28 heavy (non-hydrogen) atoms. The Labute approximate surface area is 168 Å². The lowest BCUT2D eigenvalue weighted by Gasteiger charge is -2.06. The van der Waals surface area contributed by atoms with Gasteiger partial charge in [0.05, 0.1) is 20.0 Å². The van der Waals surface area contributed by atoms with Gasteiger partial charge in [0.25, 0.3) is 15.1 Å². The van der Waals surface area contributed by atoms with Crippen molar-refractivity contribution < 1.29 is 27.0 Å². The third kappa shape index (κ3) is 4.89. The van der Waals surface area contributed by atoms with Crippen LogP contribution in [0.3, 0.4) is 0 Å². The molecule has 3 aromatic rings. The van der Waals surface area contributed by atoms with Gasteiger partial charge >= 0.3 is 0 Å². The Kier molecular flexibility index (Phi) is 6.33. The first-order valence-electron chi connectivity index (χ1n) is 8.68. The van der Waals surface area contributed by atoms with E-state index in [1.54, 1.807) is 25.6 Å². The maximum absolute atomic E-state index is 11.1. The summed E-state index contributed by atoms with van der Waals surface area (Å²) in [5.41, 5.74) is 1.94. The van der Waals surface area contributed by atoms with E-state index in [1.807, 2.05) is 54.6 Å². The van der Waals surface area contributed by atoms with Crippen LogP contribution >= 0.6 is 11.3 Å². The van der Waals surface area contributed by atoms with Gasteiger partial charge in [-0.3, -0.25) is 4.55 Å². The van der Waals surface area contributed by atoms with Crippen LogP contribution in [0.1, 0.15) is 17.0 Å². The maximum atomic E-state index is 11.1. The van der Waals surface area contributed by atoms with Gasteiger partial charge in [0.1, 0.15) is 16.2 Å². The minimum atomic E-state index is -3.97. The van der Waals surface area contributed by atoms with E-state index in [-0.39, 0.29) is 5.75 Å². The number of aryl methyl sites for hydroxylation is 1. The van der Waals surface area contributed by atoms with Crippen molar-refractivity contribution in [1.29, 1.82) is 0 Å². The molecule has 1 heterocycles. The number of para-hydroxylation sites is 1. The monoisotopic (exact) mass is 420 g/mol. The predicted molar refractivity (Wildman–Crippen MR) is 112 cm³/mol.